The minimum absolute atomic E-state index is 0.127. The Bertz CT molecular complexity index is 1300. The van der Waals surface area contributed by atoms with Gasteiger partial charge in [-0.3, -0.25) is 19.8 Å². The zero-order valence-corrected chi connectivity index (χ0v) is 26.0. The molecule has 9 nitrogen and oxygen atoms in total. The monoisotopic (exact) mass is 590 g/mol. The van der Waals surface area contributed by atoms with Crippen molar-refractivity contribution in [3.05, 3.63) is 29.3 Å². The van der Waals surface area contributed by atoms with Gasteiger partial charge in [-0.1, -0.05) is 19.9 Å². The lowest BCUT2D eigenvalue weighted by Crippen LogP contribution is -2.56. The Kier molecular flexibility index (Phi) is 7.79. The van der Waals surface area contributed by atoms with E-state index in [0.29, 0.717) is 24.8 Å². The number of rotatable bonds is 4. The van der Waals surface area contributed by atoms with Gasteiger partial charge in [0.1, 0.15) is 11.3 Å². The number of ether oxygens (including phenoxy) is 1. The smallest absolute Gasteiger partial charge is 0.414 e. The fourth-order valence-corrected chi connectivity index (χ4v) is 6.85. The average Bonchev–Trinajstić information content (AvgIpc) is 3.21. The summed E-state index contributed by atoms with van der Waals surface area (Å²) < 4.78 is 35.0. The molecule has 1 aromatic carbocycles. The highest BCUT2D eigenvalue weighted by molar-refractivity contribution is 6.12. The molecule has 0 saturated heterocycles. The van der Waals surface area contributed by atoms with Gasteiger partial charge in [0, 0.05) is 11.1 Å². The number of alkyl carbamates (subject to hydrolysis) is 1. The SMILES string of the molecule is CC1CC2(Cc3ccc(NC(=O)C(C)(C)F)cc3C23N=C(NC(=O)OC(C)(C)C)N(CC(C)(C)F)C3=O)CC(C)C1O. The van der Waals surface area contributed by atoms with E-state index >= 15 is 4.39 Å². The minimum Gasteiger partial charge on any atom is -0.444 e. The predicted octanol–water partition coefficient (Wildman–Crippen LogP) is 5.01. The molecule has 0 bridgehead atoms. The van der Waals surface area contributed by atoms with E-state index in [1.807, 2.05) is 13.8 Å². The number of aliphatic hydroxyl groups is 1. The van der Waals surface area contributed by atoms with Crippen LogP contribution in [0.25, 0.3) is 0 Å². The lowest BCUT2D eigenvalue weighted by atomic mass is 9.56. The van der Waals surface area contributed by atoms with Crippen molar-refractivity contribution in [1.29, 1.82) is 0 Å². The Morgan fingerprint density at radius 1 is 1.07 bits per heavy atom. The van der Waals surface area contributed by atoms with Gasteiger partial charge in [-0.15, -0.1) is 0 Å². The Morgan fingerprint density at radius 2 is 1.67 bits per heavy atom. The number of fused-ring (bicyclic) bond motifs is 3. The van der Waals surface area contributed by atoms with Crippen LogP contribution in [-0.4, -0.2) is 63.5 Å². The fraction of sp³-hybridized carbons (Fsp3) is 0.677. The van der Waals surface area contributed by atoms with Gasteiger partial charge in [0.15, 0.2) is 11.2 Å². The number of hydrogen-bond donors (Lipinski definition) is 3. The maximum Gasteiger partial charge on any atom is 0.414 e. The molecular weight excluding hydrogens is 546 g/mol. The standard InChI is InChI=1S/C31H44F2N4O5/c1-17-13-30(14-18(2)22(17)38)15-19-10-11-20(34-23(39)29(8,9)33)12-21(19)31(30)24(40)37(16-28(6,7)32)25(36-31)35-26(41)42-27(3,4)5/h10-12,17-18,22,38H,13-16H2,1-9H3,(H,34,39)(H,35,36,41). The molecule has 0 aromatic heterocycles. The van der Waals surface area contributed by atoms with Crippen LogP contribution in [0, 0.1) is 17.3 Å². The third-order valence-electron chi connectivity index (χ3n) is 8.42. The van der Waals surface area contributed by atoms with Gasteiger partial charge in [-0.2, -0.15) is 0 Å². The normalized spacial score (nSPS) is 29.5. The second-order valence-corrected chi connectivity index (χ2v) is 14.5. The van der Waals surface area contributed by atoms with Gasteiger partial charge < -0.3 is 15.2 Å². The van der Waals surface area contributed by atoms with E-state index in [2.05, 4.69) is 10.6 Å². The van der Waals surface area contributed by atoms with Crippen LogP contribution in [-0.2, 0) is 26.3 Å². The molecule has 1 aromatic rings. The quantitative estimate of drug-likeness (QED) is 0.456. The number of amides is 3. The summed E-state index contributed by atoms with van der Waals surface area (Å²) in [7, 11) is 0. The van der Waals surface area contributed by atoms with Crippen molar-refractivity contribution in [3.63, 3.8) is 0 Å². The van der Waals surface area contributed by atoms with Crippen LogP contribution < -0.4 is 10.6 Å². The van der Waals surface area contributed by atoms with E-state index in [4.69, 9.17) is 9.73 Å². The summed E-state index contributed by atoms with van der Waals surface area (Å²) in [5.74, 6) is -1.84. The lowest BCUT2D eigenvalue weighted by Gasteiger charge is -2.49. The van der Waals surface area contributed by atoms with E-state index < -0.39 is 51.9 Å². The molecule has 232 valence electrons. The summed E-state index contributed by atoms with van der Waals surface area (Å²) in [6.45, 7) is 13.5. The van der Waals surface area contributed by atoms with Crippen LogP contribution in [0.1, 0.15) is 86.3 Å². The van der Waals surface area contributed by atoms with Crippen molar-refractivity contribution in [3.8, 4) is 0 Å². The zero-order chi connectivity index (χ0) is 31.6. The van der Waals surface area contributed by atoms with Crippen LogP contribution in [0.15, 0.2) is 23.2 Å². The average molecular weight is 591 g/mol. The molecule has 3 amide bonds. The number of halogens is 2. The molecule has 2 aliphatic carbocycles. The number of hydrogen-bond acceptors (Lipinski definition) is 6. The van der Waals surface area contributed by atoms with E-state index in [9.17, 15) is 23.9 Å². The summed E-state index contributed by atoms with van der Waals surface area (Å²) in [6.07, 6.45) is -0.109. The van der Waals surface area contributed by atoms with Gasteiger partial charge in [0.2, 0.25) is 5.96 Å². The molecule has 4 rings (SSSR count). The fourth-order valence-electron chi connectivity index (χ4n) is 6.85. The van der Waals surface area contributed by atoms with Gasteiger partial charge in [-0.05, 0) is 103 Å². The van der Waals surface area contributed by atoms with E-state index in [1.54, 1.807) is 39.0 Å². The van der Waals surface area contributed by atoms with E-state index in [0.717, 1.165) is 24.3 Å². The first kappa shape index (κ1) is 31.8. The molecule has 3 aliphatic rings. The van der Waals surface area contributed by atoms with Crippen LogP contribution in [0.3, 0.4) is 0 Å². The molecule has 11 heteroatoms. The summed E-state index contributed by atoms with van der Waals surface area (Å²) in [6, 6.07) is 5.08. The largest absolute Gasteiger partial charge is 0.444 e. The number of aliphatic imine (C=N–C) groups is 1. The summed E-state index contributed by atoms with van der Waals surface area (Å²) in [5.41, 5.74) is -5.63. The van der Waals surface area contributed by atoms with Crippen molar-refractivity contribution in [1.82, 2.24) is 10.2 Å². The number of nitrogens with zero attached hydrogens (tertiary/aromatic N) is 2. The molecule has 0 radical (unpaired) electrons. The Hall–Kier alpha value is -3.08. The second-order valence-electron chi connectivity index (χ2n) is 14.5. The van der Waals surface area contributed by atoms with Crippen molar-refractivity contribution < 1.29 is 33.0 Å². The first-order chi connectivity index (χ1) is 19.1. The van der Waals surface area contributed by atoms with Crippen molar-refractivity contribution >= 4 is 29.6 Å². The number of guanidine groups is 1. The highest BCUT2D eigenvalue weighted by Gasteiger charge is 2.68. The Morgan fingerprint density at radius 3 is 2.19 bits per heavy atom. The molecule has 2 spiro atoms. The molecule has 42 heavy (non-hydrogen) atoms. The molecule has 1 heterocycles. The van der Waals surface area contributed by atoms with E-state index in [-0.39, 0.29) is 30.0 Å². The van der Waals surface area contributed by atoms with Gasteiger partial charge >= 0.3 is 6.09 Å². The molecule has 1 fully saturated rings. The van der Waals surface area contributed by atoms with Crippen molar-refractivity contribution in [2.75, 3.05) is 11.9 Å². The van der Waals surface area contributed by atoms with Crippen LogP contribution in [0.4, 0.5) is 19.3 Å². The molecule has 1 aliphatic heterocycles. The molecule has 3 N–H and O–H groups in total. The lowest BCUT2D eigenvalue weighted by molar-refractivity contribution is -0.142. The molecule has 3 unspecified atom stereocenters. The Balaban J connectivity index is 1.92. The predicted molar refractivity (Wildman–Crippen MR) is 155 cm³/mol. The topological polar surface area (TPSA) is 120 Å². The number of benzene rings is 1. The third-order valence-corrected chi connectivity index (χ3v) is 8.42. The first-order valence-corrected chi connectivity index (χ1v) is 14.5. The summed E-state index contributed by atoms with van der Waals surface area (Å²) in [4.78, 5) is 46.3. The van der Waals surface area contributed by atoms with E-state index in [1.165, 1.54) is 13.8 Å². The van der Waals surface area contributed by atoms with Crippen molar-refractivity contribution in [2.24, 2.45) is 22.2 Å². The van der Waals surface area contributed by atoms with Crippen LogP contribution in [0.5, 0.6) is 0 Å². The number of carbonyl (C=O) groups excluding carboxylic acids is 3. The van der Waals surface area contributed by atoms with Crippen LogP contribution in [0.2, 0.25) is 0 Å². The number of carbonyl (C=O) groups is 3. The first-order valence-electron chi connectivity index (χ1n) is 14.5. The number of alkyl halides is 2. The van der Waals surface area contributed by atoms with Crippen LogP contribution >= 0.6 is 0 Å². The minimum atomic E-state index is -2.14. The molecular formula is C31H44F2N4O5. The van der Waals surface area contributed by atoms with Gasteiger partial charge in [0.25, 0.3) is 11.8 Å². The maximum atomic E-state index is 15.2. The summed E-state index contributed by atoms with van der Waals surface area (Å²) >= 11 is 0. The van der Waals surface area contributed by atoms with Crippen molar-refractivity contribution in [2.45, 2.75) is 110 Å². The molecule has 3 atom stereocenters. The van der Waals surface area contributed by atoms with Gasteiger partial charge in [0.05, 0.1) is 12.6 Å². The maximum absolute atomic E-state index is 15.2. The molecule has 1 saturated carbocycles. The number of nitrogens with one attached hydrogen (secondary N) is 2. The van der Waals surface area contributed by atoms with Gasteiger partial charge in [-0.25, -0.2) is 18.6 Å². The zero-order valence-electron chi connectivity index (χ0n) is 26.0. The third kappa shape index (κ3) is 5.76. The highest BCUT2D eigenvalue weighted by atomic mass is 19.1. The Labute approximate surface area is 246 Å². The second kappa shape index (κ2) is 10.3. The summed E-state index contributed by atoms with van der Waals surface area (Å²) in [5, 5.41) is 16.1. The number of aliphatic hydroxyl groups excluding tert-OH is 1. The number of anilines is 1. The highest BCUT2D eigenvalue weighted by Crippen LogP contribution is 2.63.